The van der Waals surface area contributed by atoms with Crippen LogP contribution in [0.2, 0.25) is 0 Å². The maximum atomic E-state index is 4.41. The molecule has 0 unspecified atom stereocenters. The summed E-state index contributed by atoms with van der Waals surface area (Å²) in [6.07, 6.45) is 7.45. The molecule has 0 aliphatic heterocycles. The van der Waals surface area contributed by atoms with E-state index in [1.165, 1.54) is 10.9 Å². The lowest BCUT2D eigenvalue weighted by atomic mass is 10.1. The molecule has 0 bridgehead atoms. The summed E-state index contributed by atoms with van der Waals surface area (Å²) < 4.78 is 0. The minimum absolute atomic E-state index is 0.721. The Morgan fingerprint density at radius 2 is 2.33 bits per heavy atom. The molecule has 2 aromatic heterocycles. The molecule has 2 heteroatoms. The molecule has 0 aliphatic rings. The van der Waals surface area contributed by atoms with Crippen molar-refractivity contribution in [1.82, 2.24) is 4.98 Å². The van der Waals surface area contributed by atoms with Gasteiger partial charge in [0.25, 0.3) is 0 Å². The third kappa shape index (κ3) is 2.66. The second kappa shape index (κ2) is 4.58. The van der Waals surface area contributed by atoms with Crippen molar-refractivity contribution < 1.29 is 0 Å². The van der Waals surface area contributed by atoms with Gasteiger partial charge in [0.15, 0.2) is 0 Å². The van der Waals surface area contributed by atoms with Crippen LogP contribution in [0.15, 0.2) is 29.8 Å². The van der Waals surface area contributed by atoms with Gasteiger partial charge in [-0.3, -0.25) is 0 Å². The molecule has 2 aromatic rings. The van der Waals surface area contributed by atoms with E-state index in [1.807, 2.05) is 6.20 Å². The van der Waals surface area contributed by atoms with E-state index in [9.17, 15) is 0 Å². The Bertz CT molecular complexity index is 468. The first-order chi connectivity index (χ1) is 7.25. The number of aromatic nitrogens is 1. The number of rotatable bonds is 3. The number of pyridine rings is 1. The number of hydrogen-bond acceptors (Lipinski definition) is 2. The highest BCUT2D eigenvalue weighted by molar-refractivity contribution is 7.16. The monoisotopic (exact) mass is 217 g/mol. The van der Waals surface area contributed by atoms with E-state index in [2.05, 4.69) is 48.5 Å². The number of nitrogens with zero attached hydrogens (tertiary/aromatic N) is 1. The van der Waals surface area contributed by atoms with Crippen molar-refractivity contribution in [2.75, 3.05) is 0 Å². The Hall–Kier alpha value is -1.15. The van der Waals surface area contributed by atoms with Crippen molar-refractivity contribution in [3.8, 4) is 0 Å². The third-order valence-electron chi connectivity index (χ3n) is 2.25. The Labute approximate surface area is 94.5 Å². The lowest BCUT2D eigenvalue weighted by molar-refractivity contribution is 0.665. The van der Waals surface area contributed by atoms with Gasteiger partial charge < -0.3 is 0 Å². The fraction of sp³-hybridized carbons (Fsp3) is 0.308. The molecule has 0 N–H and O–H groups in total. The van der Waals surface area contributed by atoms with E-state index >= 15 is 0 Å². The molecule has 0 fully saturated rings. The largest absolute Gasteiger partial charge is 0.245 e. The van der Waals surface area contributed by atoms with E-state index in [0.29, 0.717) is 0 Å². The molecule has 0 radical (unpaired) electrons. The highest BCUT2D eigenvalue weighted by atomic mass is 32.1. The molecule has 2 heterocycles. The van der Waals surface area contributed by atoms with Crippen LogP contribution in [0.5, 0.6) is 0 Å². The quantitative estimate of drug-likeness (QED) is 0.744. The van der Waals surface area contributed by atoms with Crippen LogP contribution in [0.25, 0.3) is 16.3 Å². The van der Waals surface area contributed by atoms with Crippen LogP contribution in [0.4, 0.5) is 0 Å². The fourth-order valence-corrected chi connectivity index (χ4v) is 2.16. The summed E-state index contributed by atoms with van der Waals surface area (Å²) >= 11 is 1.69. The molecule has 0 saturated heterocycles. The average molecular weight is 217 g/mol. The van der Waals surface area contributed by atoms with Crippen LogP contribution < -0.4 is 0 Å². The number of fused-ring (bicyclic) bond motifs is 1. The van der Waals surface area contributed by atoms with Crippen LogP contribution in [0, 0.1) is 5.92 Å². The van der Waals surface area contributed by atoms with Crippen LogP contribution in [0.1, 0.15) is 25.8 Å². The van der Waals surface area contributed by atoms with E-state index in [4.69, 9.17) is 0 Å². The van der Waals surface area contributed by atoms with E-state index in [-0.39, 0.29) is 0 Å². The zero-order chi connectivity index (χ0) is 10.7. The van der Waals surface area contributed by atoms with Crippen LogP contribution in [0.3, 0.4) is 0 Å². The first-order valence-corrected chi connectivity index (χ1v) is 6.13. The summed E-state index contributed by atoms with van der Waals surface area (Å²) in [5.41, 5.74) is 1.20. The summed E-state index contributed by atoms with van der Waals surface area (Å²) in [6, 6.07) is 4.31. The molecule has 0 aliphatic carbocycles. The Morgan fingerprint density at radius 1 is 1.47 bits per heavy atom. The fourth-order valence-electron chi connectivity index (χ4n) is 1.44. The minimum Gasteiger partial charge on any atom is -0.245 e. The topological polar surface area (TPSA) is 12.9 Å². The smallest absolute Gasteiger partial charge is 0.123 e. The summed E-state index contributed by atoms with van der Waals surface area (Å²) in [5, 5.41) is 3.32. The molecule has 1 nitrogen and oxygen atoms in total. The number of allylic oxidation sites excluding steroid dienone is 1. The average Bonchev–Trinajstić information content (AvgIpc) is 2.64. The normalized spacial score (nSPS) is 11.9. The zero-order valence-electron chi connectivity index (χ0n) is 9.10. The highest BCUT2D eigenvalue weighted by Gasteiger charge is 1.96. The van der Waals surface area contributed by atoms with Gasteiger partial charge in [0.2, 0.25) is 0 Å². The Kier molecular flexibility index (Phi) is 3.17. The van der Waals surface area contributed by atoms with E-state index < -0.39 is 0 Å². The number of hydrogen-bond donors (Lipinski definition) is 0. The van der Waals surface area contributed by atoms with Gasteiger partial charge in [-0.25, -0.2) is 4.98 Å². The first-order valence-electron chi connectivity index (χ1n) is 5.25. The van der Waals surface area contributed by atoms with Crippen molar-refractivity contribution in [2.45, 2.75) is 20.3 Å². The van der Waals surface area contributed by atoms with Crippen LogP contribution >= 0.6 is 11.3 Å². The number of thiophene rings is 1. The highest BCUT2D eigenvalue weighted by Crippen LogP contribution is 2.19. The van der Waals surface area contributed by atoms with Gasteiger partial charge in [0, 0.05) is 11.6 Å². The van der Waals surface area contributed by atoms with Crippen LogP contribution in [-0.2, 0) is 0 Å². The third-order valence-corrected chi connectivity index (χ3v) is 3.08. The Morgan fingerprint density at radius 3 is 3.13 bits per heavy atom. The molecule has 0 aromatic carbocycles. The summed E-state index contributed by atoms with van der Waals surface area (Å²) in [6.45, 7) is 4.45. The molecule has 0 saturated carbocycles. The molecule has 15 heavy (non-hydrogen) atoms. The molecule has 0 spiro atoms. The molecule has 0 atom stereocenters. The minimum atomic E-state index is 0.721. The van der Waals surface area contributed by atoms with Gasteiger partial charge in [-0.2, -0.15) is 0 Å². The van der Waals surface area contributed by atoms with Gasteiger partial charge in [-0.1, -0.05) is 26.0 Å². The molecule has 78 valence electrons. The van der Waals surface area contributed by atoms with Crippen molar-refractivity contribution in [1.29, 1.82) is 0 Å². The predicted octanol–water partition coefficient (Wildman–Crippen LogP) is 4.36. The predicted molar refractivity (Wildman–Crippen MR) is 68.1 cm³/mol. The molecule has 2 rings (SSSR count). The standard InChI is InChI=1S/C13H15NS/c1-10(2)4-3-5-11-8-12-6-7-15-13(12)14-9-11/h3,5-10H,4H2,1-2H3/b5-3+. The second-order valence-corrected chi connectivity index (χ2v) is 5.01. The summed E-state index contributed by atoms with van der Waals surface area (Å²) in [5.74, 6) is 0.721. The van der Waals surface area contributed by atoms with Gasteiger partial charge in [0.05, 0.1) is 0 Å². The lowest BCUT2D eigenvalue weighted by Crippen LogP contribution is -1.81. The first kappa shape index (κ1) is 10.4. The second-order valence-electron chi connectivity index (χ2n) is 4.12. The zero-order valence-corrected chi connectivity index (χ0v) is 9.92. The van der Waals surface area contributed by atoms with Crippen molar-refractivity contribution in [2.24, 2.45) is 5.92 Å². The van der Waals surface area contributed by atoms with Gasteiger partial charge >= 0.3 is 0 Å². The van der Waals surface area contributed by atoms with Crippen molar-refractivity contribution in [3.63, 3.8) is 0 Å². The van der Waals surface area contributed by atoms with Crippen molar-refractivity contribution in [3.05, 3.63) is 35.3 Å². The van der Waals surface area contributed by atoms with E-state index in [1.54, 1.807) is 11.3 Å². The van der Waals surface area contributed by atoms with Crippen LogP contribution in [-0.4, -0.2) is 4.98 Å². The summed E-state index contributed by atoms with van der Waals surface area (Å²) in [7, 11) is 0. The molecular weight excluding hydrogens is 202 g/mol. The van der Waals surface area contributed by atoms with Gasteiger partial charge in [-0.15, -0.1) is 11.3 Å². The maximum Gasteiger partial charge on any atom is 0.123 e. The lowest BCUT2D eigenvalue weighted by Gasteiger charge is -1.97. The van der Waals surface area contributed by atoms with E-state index in [0.717, 1.165) is 17.2 Å². The Balaban J connectivity index is 2.17. The van der Waals surface area contributed by atoms with Gasteiger partial charge in [0.1, 0.15) is 4.83 Å². The molecular formula is C13H15NS. The molecule has 0 amide bonds. The summed E-state index contributed by atoms with van der Waals surface area (Å²) in [4.78, 5) is 5.53. The van der Waals surface area contributed by atoms with Crippen molar-refractivity contribution >= 4 is 27.6 Å². The van der Waals surface area contributed by atoms with Gasteiger partial charge in [-0.05, 0) is 35.4 Å². The SMILES string of the molecule is CC(C)C/C=C/c1cnc2sccc2c1. The maximum absolute atomic E-state index is 4.41.